The summed E-state index contributed by atoms with van der Waals surface area (Å²) in [6.45, 7) is 3.46. The molecule has 2 rings (SSSR count). The van der Waals surface area contributed by atoms with Gasteiger partial charge in [0.1, 0.15) is 0 Å². The van der Waals surface area contributed by atoms with Crippen molar-refractivity contribution in [2.45, 2.75) is 20.0 Å². The Morgan fingerprint density at radius 2 is 1.58 bits per heavy atom. The number of rotatable bonds is 6. The standard InChI is InChI=1S/C19H18ClNO5/c1-3-25-19(24)21-16-10-6-14(7-11-16)18(23)26-12(2)17(22)13-4-8-15(20)9-5-13/h4-12H,3H2,1-2H3,(H,21,24). The highest BCUT2D eigenvalue weighted by atomic mass is 35.5. The van der Waals surface area contributed by atoms with Crippen LogP contribution in [0, 0.1) is 0 Å². The average molecular weight is 376 g/mol. The topological polar surface area (TPSA) is 81.7 Å². The van der Waals surface area contributed by atoms with Gasteiger partial charge in [-0.25, -0.2) is 9.59 Å². The molecule has 0 fully saturated rings. The van der Waals surface area contributed by atoms with Crippen LogP contribution in [0.25, 0.3) is 0 Å². The fourth-order valence-electron chi connectivity index (χ4n) is 2.11. The number of ketones is 1. The van der Waals surface area contributed by atoms with Crippen molar-refractivity contribution < 1.29 is 23.9 Å². The molecule has 1 amide bonds. The SMILES string of the molecule is CCOC(=O)Nc1ccc(C(=O)OC(C)C(=O)c2ccc(Cl)cc2)cc1. The molecule has 1 atom stereocenters. The number of hydrogen-bond donors (Lipinski definition) is 1. The Hall–Kier alpha value is -2.86. The number of esters is 1. The van der Waals surface area contributed by atoms with Crippen molar-refractivity contribution in [3.63, 3.8) is 0 Å². The van der Waals surface area contributed by atoms with Gasteiger partial charge in [0.15, 0.2) is 6.10 Å². The normalized spacial score (nSPS) is 11.3. The Morgan fingerprint density at radius 1 is 1.00 bits per heavy atom. The summed E-state index contributed by atoms with van der Waals surface area (Å²) in [5.74, 6) is -0.960. The lowest BCUT2D eigenvalue weighted by atomic mass is 10.1. The zero-order valence-electron chi connectivity index (χ0n) is 14.3. The second-order valence-electron chi connectivity index (χ2n) is 5.34. The van der Waals surface area contributed by atoms with E-state index in [2.05, 4.69) is 5.32 Å². The second-order valence-corrected chi connectivity index (χ2v) is 5.78. The minimum absolute atomic E-state index is 0.259. The first-order valence-electron chi connectivity index (χ1n) is 7.95. The van der Waals surface area contributed by atoms with Gasteiger partial charge >= 0.3 is 12.1 Å². The van der Waals surface area contributed by atoms with E-state index in [0.717, 1.165) is 0 Å². The summed E-state index contributed by atoms with van der Waals surface area (Å²) in [6, 6.07) is 12.4. The number of anilines is 1. The van der Waals surface area contributed by atoms with Crippen LogP contribution in [-0.2, 0) is 9.47 Å². The van der Waals surface area contributed by atoms with E-state index in [1.165, 1.54) is 19.1 Å². The van der Waals surface area contributed by atoms with Crippen LogP contribution in [0.4, 0.5) is 10.5 Å². The van der Waals surface area contributed by atoms with Crippen molar-refractivity contribution >= 4 is 35.1 Å². The van der Waals surface area contributed by atoms with E-state index >= 15 is 0 Å². The lowest BCUT2D eigenvalue weighted by Crippen LogP contribution is -2.24. The Kier molecular flexibility index (Phi) is 6.74. The van der Waals surface area contributed by atoms with E-state index in [4.69, 9.17) is 21.1 Å². The zero-order valence-corrected chi connectivity index (χ0v) is 15.1. The molecule has 0 radical (unpaired) electrons. The fraction of sp³-hybridized carbons (Fsp3) is 0.211. The molecule has 6 nitrogen and oxygen atoms in total. The maximum absolute atomic E-state index is 12.3. The molecule has 2 aromatic rings. The summed E-state index contributed by atoms with van der Waals surface area (Å²) < 4.78 is 9.97. The molecule has 26 heavy (non-hydrogen) atoms. The maximum atomic E-state index is 12.3. The second kappa shape index (κ2) is 9.01. The molecule has 1 N–H and O–H groups in total. The van der Waals surface area contributed by atoms with E-state index < -0.39 is 18.2 Å². The van der Waals surface area contributed by atoms with Gasteiger partial charge in [-0.3, -0.25) is 10.1 Å². The van der Waals surface area contributed by atoms with E-state index in [0.29, 0.717) is 16.3 Å². The molecular weight excluding hydrogens is 358 g/mol. The van der Waals surface area contributed by atoms with Gasteiger partial charge in [0.05, 0.1) is 12.2 Å². The molecule has 136 valence electrons. The van der Waals surface area contributed by atoms with Crippen LogP contribution < -0.4 is 5.32 Å². The summed E-state index contributed by atoms with van der Waals surface area (Å²) in [5.41, 5.74) is 1.14. The monoisotopic (exact) mass is 375 g/mol. The Bertz CT molecular complexity index is 787. The highest BCUT2D eigenvalue weighted by Gasteiger charge is 2.20. The molecular formula is C19H18ClNO5. The third-order valence-corrected chi connectivity index (χ3v) is 3.68. The van der Waals surface area contributed by atoms with Crippen LogP contribution >= 0.6 is 11.6 Å². The Balaban J connectivity index is 1.97. The summed E-state index contributed by atoms with van der Waals surface area (Å²) in [7, 11) is 0. The molecule has 0 saturated heterocycles. The number of halogens is 1. The van der Waals surface area contributed by atoms with Gasteiger partial charge in [-0.05, 0) is 62.4 Å². The van der Waals surface area contributed by atoms with Crippen molar-refractivity contribution in [2.75, 3.05) is 11.9 Å². The first-order valence-corrected chi connectivity index (χ1v) is 8.33. The van der Waals surface area contributed by atoms with Gasteiger partial charge in [0.25, 0.3) is 0 Å². The van der Waals surface area contributed by atoms with Gasteiger partial charge < -0.3 is 9.47 Å². The van der Waals surface area contributed by atoms with E-state index in [1.807, 2.05) is 0 Å². The van der Waals surface area contributed by atoms with Crippen LogP contribution in [0.5, 0.6) is 0 Å². The summed E-state index contributed by atoms with van der Waals surface area (Å²) >= 11 is 5.79. The molecule has 0 bridgehead atoms. The Labute approximate surface area is 156 Å². The highest BCUT2D eigenvalue weighted by molar-refractivity contribution is 6.30. The fourth-order valence-corrected chi connectivity index (χ4v) is 2.23. The van der Waals surface area contributed by atoms with Gasteiger partial charge in [-0.2, -0.15) is 0 Å². The predicted molar refractivity (Wildman–Crippen MR) is 97.7 cm³/mol. The largest absolute Gasteiger partial charge is 0.451 e. The lowest BCUT2D eigenvalue weighted by molar-refractivity contribution is 0.0319. The van der Waals surface area contributed by atoms with E-state index in [9.17, 15) is 14.4 Å². The number of hydrogen-bond acceptors (Lipinski definition) is 5. The Morgan fingerprint density at radius 3 is 2.15 bits per heavy atom. The smallest absolute Gasteiger partial charge is 0.411 e. The van der Waals surface area contributed by atoms with Crippen LogP contribution in [0.3, 0.4) is 0 Å². The molecule has 0 aliphatic rings. The summed E-state index contributed by atoms with van der Waals surface area (Å²) in [5, 5.41) is 3.03. The van der Waals surface area contributed by atoms with E-state index in [1.54, 1.807) is 43.3 Å². The van der Waals surface area contributed by atoms with Crippen molar-refractivity contribution in [3.8, 4) is 0 Å². The van der Waals surface area contributed by atoms with Crippen LogP contribution in [0.1, 0.15) is 34.6 Å². The highest BCUT2D eigenvalue weighted by Crippen LogP contribution is 2.15. The summed E-state index contributed by atoms with van der Waals surface area (Å²) in [6.07, 6.45) is -1.52. The quantitative estimate of drug-likeness (QED) is 0.600. The minimum atomic E-state index is -0.944. The van der Waals surface area contributed by atoms with Crippen LogP contribution in [0.15, 0.2) is 48.5 Å². The number of carbonyl (C=O) groups is 3. The van der Waals surface area contributed by atoms with Crippen molar-refractivity contribution in [1.29, 1.82) is 0 Å². The minimum Gasteiger partial charge on any atom is -0.451 e. The molecule has 0 saturated carbocycles. The van der Waals surface area contributed by atoms with Gasteiger partial charge in [-0.1, -0.05) is 11.6 Å². The van der Waals surface area contributed by atoms with Gasteiger partial charge in [0.2, 0.25) is 5.78 Å². The molecule has 0 aromatic heterocycles. The maximum Gasteiger partial charge on any atom is 0.411 e. The molecule has 0 aliphatic heterocycles. The number of carbonyl (C=O) groups excluding carboxylic acids is 3. The van der Waals surface area contributed by atoms with Crippen LogP contribution in [0.2, 0.25) is 5.02 Å². The number of benzene rings is 2. The number of Topliss-reactive ketones (excluding diaryl/α,β-unsaturated/α-hetero) is 1. The first kappa shape index (κ1) is 19.5. The molecule has 0 heterocycles. The molecule has 7 heteroatoms. The lowest BCUT2D eigenvalue weighted by Gasteiger charge is -2.13. The molecule has 1 unspecified atom stereocenters. The molecule has 2 aromatic carbocycles. The molecule has 0 spiro atoms. The first-order chi connectivity index (χ1) is 12.4. The number of amides is 1. The predicted octanol–water partition coefficient (Wildman–Crippen LogP) is 4.34. The van der Waals surface area contributed by atoms with Crippen molar-refractivity contribution in [1.82, 2.24) is 0 Å². The average Bonchev–Trinajstić information content (AvgIpc) is 2.62. The van der Waals surface area contributed by atoms with Crippen LogP contribution in [-0.4, -0.2) is 30.6 Å². The third-order valence-electron chi connectivity index (χ3n) is 3.42. The summed E-state index contributed by atoms with van der Waals surface area (Å²) in [4.78, 5) is 35.8. The number of nitrogens with one attached hydrogen (secondary N) is 1. The van der Waals surface area contributed by atoms with Crippen molar-refractivity contribution in [3.05, 3.63) is 64.7 Å². The molecule has 0 aliphatic carbocycles. The van der Waals surface area contributed by atoms with Crippen molar-refractivity contribution in [2.24, 2.45) is 0 Å². The van der Waals surface area contributed by atoms with E-state index in [-0.39, 0.29) is 18.0 Å². The zero-order chi connectivity index (χ0) is 19.1. The van der Waals surface area contributed by atoms with Gasteiger partial charge in [-0.15, -0.1) is 0 Å². The third kappa shape index (κ3) is 5.32. The number of ether oxygens (including phenoxy) is 2. The van der Waals surface area contributed by atoms with Gasteiger partial charge in [0, 0.05) is 16.3 Å².